The monoisotopic (exact) mass is 222 g/mol. The van der Waals surface area contributed by atoms with Crippen LogP contribution in [0.3, 0.4) is 0 Å². The highest BCUT2D eigenvalue weighted by molar-refractivity contribution is 8.24. The van der Waals surface area contributed by atoms with E-state index in [1.807, 2.05) is 12.1 Å². The summed E-state index contributed by atoms with van der Waals surface area (Å²) in [6.45, 7) is 0. The minimum absolute atomic E-state index is 0.0510. The van der Waals surface area contributed by atoms with Crippen LogP contribution in [-0.4, -0.2) is 22.0 Å². The highest BCUT2D eigenvalue weighted by Crippen LogP contribution is 2.61. The maximum Gasteiger partial charge on any atom is 0.105 e. The summed E-state index contributed by atoms with van der Waals surface area (Å²) in [5, 5.41) is 0. The molecule has 0 amide bonds. The lowest BCUT2D eigenvalue weighted by atomic mass is 10.1. The summed E-state index contributed by atoms with van der Waals surface area (Å²) in [7, 11) is -0.985. The first-order chi connectivity index (χ1) is 7.09. The van der Waals surface area contributed by atoms with Crippen molar-refractivity contribution in [2.75, 3.05) is 7.05 Å². The molecule has 3 nitrogen and oxygen atoms in total. The third kappa shape index (κ3) is 1.26. The summed E-state index contributed by atoms with van der Waals surface area (Å²) in [5.41, 5.74) is 2.47. The number of hydrogen-bond acceptors (Lipinski definition) is 3. The van der Waals surface area contributed by atoms with E-state index in [-0.39, 0.29) is 12.1 Å². The molecule has 2 radical (unpaired) electrons. The summed E-state index contributed by atoms with van der Waals surface area (Å²) >= 11 is 0. The van der Waals surface area contributed by atoms with E-state index in [0.29, 0.717) is 0 Å². The predicted molar refractivity (Wildman–Crippen MR) is 58.2 cm³/mol. The van der Waals surface area contributed by atoms with Crippen molar-refractivity contribution in [1.29, 1.82) is 0 Å². The van der Waals surface area contributed by atoms with Gasteiger partial charge in [0.05, 0.1) is 12.3 Å². The number of benzene rings is 1. The fraction of sp³-hybridized carbons (Fsp3) is 0.364. The van der Waals surface area contributed by atoms with Crippen molar-refractivity contribution >= 4 is 10.8 Å². The molecule has 1 aliphatic heterocycles. The molecule has 1 aromatic carbocycles. The fourth-order valence-electron chi connectivity index (χ4n) is 2.46. The topological polar surface area (TPSA) is 35.5 Å². The highest BCUT2D eigenvalue weighted by Gasteiger charge is 2.44. The standard InChI is InChI=1S/C11H13NO2S/c1-12-11-9-6-4-3-5-8(9)7-10(11)14-15(12,2)13/h2-6,10-11,13H,7H2,1H3/p-1/t10-,11+/m1/s1. The van der Waals surface area contributed by atoms with E-state index in [1.54, 1.807) is 11.4 Å². The molecule has 0 aromatic heterocycles. The first kappa shape index (κ1) is 9.66. The molecular formula is C11H12NO2S-. The summed E-state index contributed by atoms with van der Waals surface area (Å²) in [4.78, 5) is 0. The van der Waals surface area contributed by atoms with Crippen LogP contribution < -0.4 is 0 Å². The molecule has 1 saturated heterocycles. The zero-order chi connectivity index (χ0) is 10.6. The Kier molecular flexibility index (Phi) is 1.92. The molecular weight excluding hydrogens is 210 g/mol. The van der Waals surface area contributed by atoms with E-state index in [0.717, 1.165) is 6.42 Å². The van der Waals surface area contributed by atoms with Crippen LogP contribution in [0.2, 0.25) is 0 Å². The summed E-state index contributed by atoms with van der Waals surface area (Å²) in [6, 6.07) is 8.20. The van der Waals surface area contributed by atoms with Crippen LogP contribution in [0.25, 0.3) is 0 Å². The van der Waals surface area contributed by atoms with Gasteiger partial charge in [0, 0.05) is 13.5 Å². The molecule has 1 fully saturated rings. The van der Waals surface area contributed by atoms with Gasteiger partial charge in [0.15, 0.2) is 0 Å². The zero-order valence-electron chi connectivity index (χ0n) is 8.42. The second kappa shape index (κ2) is 2.98. The Labute approximate surface area is 91.5 Å². The Hall–Kier alpha value is -0.550. The molecule has 1 aliphatic carbocycles. The molecule has 1 unspecified atom stereocenters. The van der Waals surface area contributed by atoms with Crippen LogP contribution in [0.15, 0.2) is 24.3 Å². The Bertz CT molecular complexity index is 407. The molecule has 80 valence electrons. The van der Waals surface area contributed by atoms with Gasteiger partial charge in [-0.1, -0.05) is 24.3 Å². The molecule has 3 rings (SSSR count). The van der Waals surface area contributed by atoms with Crippen LogP contribution in [0, 0.1) is 6.26 Å². The van der Waals surface area contributed by atoms with Gasteiger partial charge in [-0.15, -0.1) is 0 Å². The first-order valence-electron chi connectivity index (χ1n) is 4.90. The maximum absolute atomic E-state index is 11.8. The predicted octanol–water partition coefficient (Wildman–Crippen LogP) is 2.05. The van der Waals surface area contributed by atoms with E-state index in [9.17, 15) is 4.55 Å². The molecule has 0 N–H and O–H groups in total. The van der Waals surface area contributed by atoms with Crippen LogP contribution in [0.5, 0.6) is 0 Å². The summed E-state index contributed by atoms with van der Waals surface area (Å²) in [6.07, 6.45) is 6.35. The van der Waals surface area contributed by atoms with Crippen molar-refractivity contribution in [2.24, 2.45) is 0 Å². The minimum Gasteiger partial charge on any atom is -0.754 e. The lowest BCUT2D eigenvalue weighted by molar-refractivity contribution is 0.216. The van der Waals surface area contributed by atoms with Crippen LogP contribution >= 0.6 is 10.8 Å². The van der Waals surface area contributed by atoms with Crippen molar-refractivity contribution in [3.63, 3.8) is 0 Å². The Balaban J connectivity index is 2.05. The molecule has 4 heteroatoms. The van der Waals surface area contributed by atoms with Crippen molar-refractivity contribution < 1.29 is 8.74 Å². The number of fused-ring (bicyclic) bond motifs is 3. The van der Waals surface area contributed by atoms with Crippen LogP contribution in [0.4, 0.5) is 0 Å². The van der Waals surface area contributed by atoms with Crippen LogP contribution in [-0.2, 0) is 10.6 Å². The quantitative estimate of drug-likeness (QED) is 0.674. The van der Waals surface area contributed by atoms with Crippen molar-refractivity contribution in [2.45, 2.75) is 18.6 Å². The molecule has 0 spiro atoms. The summed E-state index contributed by atoms with van der Waals surface area (Å²) in [5.74, 6) is 0. The molecule has 0 saturated carbocycles. The van der Waals surface area contributed by atoms with Gasteiger partial charge < -0.3 is 4.55 Å². The molecule has 2 aliphatic rings. The largest absolute Gasteiger partial charge is 0.754 e. The van der Waals surface area contributed by atoms with Gasteiger partial charge in [0.1, 0.15) is 6.10 Å². The van der Waals surface area contributed by atoms with E-state index < -0.39 is 10.8 Å². The number of rotatable bonds is 0. The molecule has 0 bridgehead atoms. The number of nitrogens with zero attached hydrogens (tertiary/aromatic N) is 1. The third-order valence-corrected chi connectivity index (χ3v) is 4.75. The Morgan fingerprint density at radius 2 is 2.27 bits per heavy atom. The van der Waals surface area contributed by atoms with Crippen molar-refractivity contribution in [1.82, 2.24) is 4.31 Å². The lowest BCUT2D eigenvalue weighted by Crippen LogP contribution is -2.20. The third-order valence-electron chi connectivity index (χ3n) is 3.20. The first-order valence-corrected chi connectivity index (χ1v) is 6.41. The van der Waals surface area contributed by atoms with Gasteiger partial charge in [-0.05, 0) is 11.1 Å². The highest BCUT2D eigenvalue weighted by atomic mass is 32.3. The number of likely N-dealkylation sites (N-methyl/N-ethyl adjacent to an activating group) is 1. The average molecular weight is 222 g/mol. The maximum atomic E-state index is 11.8. The Morgan fingerprint density at radius 3 is 3.07 bits per heavy atom. The van der Waals surface area contributed by atoms with Gasteiger partial charge in [-0.25, -0.2) is 4.31 Å². The fourth-order valence-corrected chi connectivity index (χ4v) is 3.69. The van der Waals surface area contributed by atoms with Gasteiger partial charge in [0.25, 0.3) is 0 Å². The van der Waals surface area contributed by atoms with E-state index in [1.165, 1.54) is 11.1 Å². The number of hydrogen-bond donors (Lipinski definition) is 0. The molecule has 1 heterocycles. The molecule has 1 aromatic rings. The minimum atomic E-state index is -2.74. The van der Waals surface area contributed by atoms with E-state index in [4.69, 9.17) is 10.4 Å². The molecule has 3 atom stereocenters. The SMILES string of the molecule is [CH]S1([O-])O[C@@H]2Cc3ccccc3[C@@H]2N1C. The Morgan fingerprint density at radius 1 is 1.53 bits per heavy atom. The van der Waals surface area contributed by atoms with Crippen molar-refractivity contribution in [3.05, 3.63) is 41.6 Å². The molecule has 15 heavy (non-hydrogen) atoms. The van der Waals surface area contributed by atoms with E-state index in [2.05, 4.69) is 12.1 Å². The smallest absolute Gasteiger partial charge is 0.105 e. The van der Waals surface area contributed by atoms with Gasteiger partial charge in [0.2, 0.25) is 0 Å². The van der Waals surface area contributed by atoms with Gasteiger partial charge in [-0.3, -0.25) is 15.0 Å². The second-order valence-corrected chi connectivity index (χ2v) is 5.84. The van der Waals surface area contributed by atoms with Crippen molar-refractivity contribution in [3.8, 4) is 0 Å². The van der Waals surface area contributed by atoms with Gasteiger partial charge >= 0.3 is 0 Å². The average Bonchev–Trinajstić information content (AvgIpc) is 2.62. The zero-order valence-corrected chi connectivity index (χ0v) is 9.24. The second-order valence-electron chi connectivity index (χ2n) is 4.04. The van der Waals surface area contributed by atoms with E-state index >= 15 is 0 Å². The van der Waals surface area contributed by atoms with Crippen LogP contribution in [0.1, 0.15) is 17.2 Å². The normalized spacial score (nSPS) is 43.4. The summed E-state index contributed by atoms with van der Waals surface area (Å²) < 4.78 is 18.9. The lowest BCUT2D eigenvalue weighted by Gasteiger charge is -2.48. The van der Waals surface area contributed by atoms with Gasteiger partial charge in [-0.2, -0.15) is 0 Å².